The fraction of sp³-hybridized carbons (Fsp3) is 0.500. The summed E-state index contributed by atoms with van der Waals surface area (Å²) < 4.78 is 1.90. The van der Waals surface area contributed by atoms with Crippen molar-refractivity contribution >= 4 is 11.6 Å². The summed E-state index contributed by atoms with van der Waals surface area (Å²) in [6.07, 6.45) is 2.68. The second kappa shape index (κ2) is 8.06. The van der Waals surface area contributed by atoms with E-state index in [-0.39, 0.29) is 11.9 Å². The SMILES string of the molecule is CCC(c1ccccn1)N(C)CC(=O)Nc1c(C)nn(CC)c1C. The van der Waals surface area contributed by atoms with Crippen LogP contribution in [0.3, 0.4) is 0 Å². The predicted molar refractivity (Wildman–Crippen MR) is 95.9 cm³/mol. The number of hydrogen-bond acceptors (Lipinski definition) is 4. The molecule has 2 aromatic rings. The minimum Gasteiger partial charge on any atom is -0.322 e. The molecule has 2 aromatic heterocycles. The van der Waals surface area contributed by atoms with E-state index in [4.69, 9.17) is 0 Å². The van der Waals surface area contributed by atoms with Crippen molar-refractivity contribution in [1.82, 2.24) is 19.7 Å². The summed E-state index contributed by atoms with van der Waals surface area (Å²) in [6.45, 7) is 9.14. The highest BCUT2D eigenvalue weighted by atomic mass is 16.2. The highest BCUT2D eigenvalue weighted by molar-refractivity contribution is 5.93. The lowest BCUT2D eigenvalue weighted by Crippen LogP contribution is -2.33. The fourth-order valence-corrected chi connectivity index (χ4v) is 3.02. The number of aromatic nitrogens is 3. The quantitative estimate of drug-likeness (QED) is 0.848. The van der Waals surface area contributed by atoms with Gasteiger partial charge in [0.05, 0.1) is 35.4 Å². The Bertz CT molecular complexity index is 680. The van der Waals surface area contributed by atoms with E-state index in [2.05, 4.69) is 22.3 Å². The van der Waals surface area contributed by atoms with Crippen LogP contribution in [0.2, 0.25) is 0 Å². The molecule has 1 atom stereocenters. The maximum atomic E-state index is 12.5. The second-order valence-electron chi connectivity index (χ2n) is 6.00. The van der Waals surface area contributed by atoms with Gasteiger partial charge in [0.15, 0.2) is 0 Å². The smallest absolute Gasteiger partial charge is 0.238 e. The maximum absolute atomic E-state index is 12.5. The van der Waals surface area contributed by atoms with Gasteiger partial charge in [-0.1, -0.05) is 13.0 Å². The molecule has 2 heterocycles. The standard InChI is InChI=1S/C18H27N5O/c1-6-16(15-10-8-9-11-19-15)22(5)12-17(24)20-18-13(3)21-23(7-2)14(18)4/h8-11,16H,6-7,12H2,1-5H3,(H,20,24). The molecule has 6 heteroatoms. The fourth-order valence-electron chi connectivity index (χ4n) is 3.02. The van der Waals surface area contributed by atoms with Crippen molar-refractivity contribution in [2.24, 2.45) is 0 Å². The Morgan fingerprint density at radius 3 is 2.62 bits per heavy atom. The number of rotatable bonds is 7. The minimum atomic E-state index is -0.0336. The number of likely N-dealkylation sites (N-methyl/N-ethyl adjacent to an activating group) is 1. The molecule has 0 aliphatic heterocycles. The molecule has 0 bridgehead atoms. The summed E-state index contributed by atoms with van der Waals surface area (Å²) in [4.78, 5) is 18.9. The Labute approximate surface area is 143 Å². The molecule has 6 nitrogen and oxygen atoms in total. The van der Waals surface area contributed by atoms with Gasteiger partial charge in [-0.05, 0) is 46.4 Å². The van der Waals surface area contributed by atoms with Crippen LogP contribution in [0.4, 0.5) is 5.69 Å². The molecule has 1 unspecified atom stereocenters. The zero-order valence-electron chi connectivity index (χ0n) is 15.2. The molecule has 130 valence electrons. The van der Waals surface area contributed by atoms with Gasteiger partial charge in [-0.2, -0.15) is 5.10 Å². The van der Waals surface area contributed by atoms with Crippen molar-refractivity contribution in [2.45, 2.75) is 46.7 Å². The summed E-state index contributed by atoms with van der Waals surface area (Å²) in [6, 6.07) is 6.00. The molecular weight excluding hydrogens is 302 g/mol. The molecule has 24 heavy (non-hydrogen) atoms. The minimum absolute atomic E-state index is 0.0336. The van der Waals surface area contributed by atoms with Crippen molar-refractivity contribution in [1.29, 1.82) is 0 Å². The second-order valence-corrected chi connectivity index (χ2v) is 6.00. The number of pyridine rings is 1. The van der Waals surface area contributed by atoms with Crippen LogP contribution in [0.25, 0.3) is 0 Å². The highest BCUT2D eigenvalue weighted by Gasteiger charge is 2.20. The Balaban J connectivity index is 2.05. The molecule has 0 aliphatic carbocycles. The Kier molecular flexibility index (Phi) is 6.09. The summed E-state index contributed by atoms with van der Waals surface area (Å²) in [5.41, 5.74) is 3.65. The number of nitrogens with one attached hydrogen (secondary N) is 1. The van der Waals surface area contributed by atoms with Crippen molar-refractivity contribution in [3.05, 3.63) is 41.5 Å². The van der Waals surface area contributed by atoms with E-state index in [0.717, 1.165) is 35.7 Å². The molecule has 0 aliphatic rings. The Morgan fingerprint density at radius 2 is 2.08 bits per heavy atom. The number of amides is 1. The summed E-state index contributed by atoms with van der Waals surface area (Å²) in [5, 5.41) is 7.45. The first-order valence-electron chi connectivity index (χ1n) is 8.42. The van der Waals surface area contributed by atoms with Crippen LogP contribution < -0.4 is 5.32 Å². The van der Waals surface area contributed by atoms with Crippen molar-refractivity contribution in [2.75, 3.05) is 18.9 Å². The third-order valence-corrected chi connectivity index (χ3v) is 4.29. The van der Waals surface area contributed by atoms with Gasteiger partial charge in [0.1, 0.15) is 0 Å². The van der Waals surface area contributed by atoms with E-state index in [1.807, 2.05) is 55.6 Å². The molecular formula is C18H27N5O. The summed E-state index contributed by atoms with van der Waals surface area (Å²) >= 11 is 0. The predicted octanol–water partition coefficient (Wildman–Crippen LogP) is 2.94. The molecule has 0 spiro atoms. The number of carbonyl (C=O) groups excluding carboxylic acids is 1. The highest BCUT2D eigenvalue weighted by Crippen LogP contribution is 2.22. The van der Waals surface area contributed by atoms with Gasteiger partial charge < -0.3 is 5.32 Å². The van der Waals surface area contributed by atoms with Gasteiger partial charge in [0.25, 0.3) is 0 Å². The topological polar surface area (TPSA) is 63.1 Å². The van der Waals surface area contributed by atoms with Crippen molar-refractivity contribution in [3.63, 3.8) is 0 Å². The normalized spacial score (nSPS) is 12.4. The van der Waals surface area contributed by atoms with Crippen molar-refractivity contribution in [3.8, 4) is 0 Å². The first-order valence-corrected chi connectivity index (χ1v) is 8.42. The number of aryl methyl sites for hydroxylation is 2. The molecule has 1 amide bonds. The van der Waals surface area contributed by atoms with E-state index in [1.165, 1.54) is 0 Å². The van der Waals surface area contributed by atoms with Crippen LogP contribution in [-0.2, 0) is 11.3 Å². The molecule has 0 saturated heterocycles. The average Bonchev–Trinajstić information content (AvgIpc) is 2.84. The van der Waals surface area contributed by atoms with Crippen molar-refractivity contribution < 1.29 is 4.79 Å². The van der Waals surface area contributed by atoms with E-state index in [0.29, 0.717) is 6.54 Å². The first kappa shape index (κ1) is 18.1. The van der Waals surface area contributed by atoms with Crippen LogP contribution in [0, 0.1) is 13.8 Å². The molecule has 2 rings (SSSR count). The Morgan fingerprint density at radius 1 is 1.33 bits per heavy atom. The zero-order valence-corrected chi connectivity index (χ0v) is 15.2. The first-order chi connectivity index (χ1) is 11.5. The van der Waals surface area contributed by atoms with Crippen LogP contribution in [0.15, 0.2) is 24.4 Å². The lowest BCUT2D eigenvalue weighted by Gasteiger charge is -2.26. The lowest BCUT2D eigenvalue weighted by atomic mass is 10.1. The maximum Gasteiger partial charge on any atom is 0.238 e. The van der Waals surface area contributed by atoms with E-state index in [1.54, 1.807) is 6.20 Å². The third kappa shape index (κ3) is 4.00. The average molecular weight is 329 g/mol. The van der Waals surface area contributed by atoms with Crippen LogP contribution in [0.5, 0.6) is 0 Å². The molecule has 0 aromatic carbocycles. The molecule has 0 radical (unpaired) electrons. The third-order valence-electron chi connectivity index (χ3n) is 4.29. The van der Waals surface area contributed by atoms with Crippen LogP contribution in [-0.4, -0.2) is 39.2 Å². The van der Waals surface area contributed by atoms with Crippen LogP contribution >= 0.6 is 0 Å². The molecule has 0 saturated carbocycles. The van der Waals surface area contributed by atoms with E-state index in [9.17, 15) is 4.79 Å². The number of nitrogens with zero attached hydrogens (tertiary/aromatic N) is 4. The van der Waals surface area contributed by atoms with Crippen LogP contribution in [0.1, 0.15) is 43.4 Å². The van der Waals surface area contributed by atoms with E-state index < -0.39 is 0 Å². The lowest BCUT2D eigenvalue weighted by molar-refractivity contribution is -0.117. The number of anilines is 1. The largest absolute Gasteiger partial charge is 0.322 e. The van der Waals surface area contributed by atoms with Gasteiger partial charge in [-0.3, -0.25) is 19.4 Å². The van der Waals surface area contributed by atoms with Gasteiger partial charge in [-0.25, -0.2) is 0 Å². The molecule has 0 fully saturated rings. The summed E-state index contributed by atoms with van der Waals surface area (Å²) in [7, 11) is 1.96. The number of carbonyl (C=O) groups is 1. The number of hydrogen-bond donors (Lipinski definition) is 1. The van der Waals surface area contributed by atoms with Gasteiger partial charge in [0, 0.05) is 12.7 Å². The zero-order chi connectivity index (χ0) is 17.7. The monoisotopic (exact) mass is 329 g/mol. The van der Waals surface area contributed by atoms with E-state index >= 15 is 0 Å². The van der Waals surface area contributed by atoms with Gasteiger partial charge in [-0.15, -0.1) is 0 Å². The summed E-state index contributed by atoms with van der Waals surface area (Å²) in [5.74, 6) is -0.0336. The molecule has 1 N–H and O–H groups in total. The van der Waals surface area contributed by atoms with Gasteiger partial charge >= 0.3 is 0 Å². The van der Waals surface area contributed by atoms with Gasteiger partial charge in [0.2, 0.25) is 5.91 Å². The Hall–Kier alpha value is -2.21.